The summed E-state index contributed by atoms with van der Waals surface area (Å²) in [5.74, 6) is -0.0253. The fraction of sp³-hybridized carbons (Fsp3) is 0.143. The van der Waals surface area contributed by atoms with E-state index in [9.17, 15) is 8.78 Å². The van der Waals surface area contributed by atoms with Gasteiger partial charge in [0, 0.05) is 0 Å². The van der Waals surface area contributed by atoms with Gasteiger partial charge in [0.2, 0.25) is 0 Å². The first-order valence-electron chi connectivity index (χ1n) is 5.28. The van der Waals surface area contributed by atoms with Gasteiger partial charge >= 0.3 is 0 Å². The van der Waals surface area contributed by atoms with Gasteiger partial charge in [0.1, 0.15) is 24.0 Å². The number of hydrogen-bond donors (Lipinski definition) is 0. The van der Waals surface area contributed by atoms with Crippen LogP contribution in [-0.2, 0) is 6.61 Å². The summed E-state index contributed by atoms with van der Waals surface area (Å²) in [6.45, 7) is 2.16. The monoisotopic (exact) mass is 234 g/mol. The van der Waals surface area contributed by atoms with Gasteiger partial charge in [-0.25, -0.2) is 8.78 Å². The zero-order valence-corrected chi connectivity index (χ0v) is 9.41. The van der Waals surface area contributed by atoms with E-state index in [1.165, 1.54) is 24.3 Å². The second-order valence-electron chi connectivity index (χ2n) is 3.81. The van der Waals surface area contributed by atoms with Crippen LogP contribution in [-0.4, -0.2) is 0 Å². The average molecular weight is 234 g/mol. The lowest BCUT2D eigenvalue weighted by atomic mass is 10.1. The Hall–Kier alpha value is -1.90. The lowest BCUT2D eigenvalue weighted by molar-refractivity contribution is 0.304. The minimum Gasteiger partial charge on any atom is -0.489 e. The smallest absolute Gasteiger partial charge is 0.123 e. The van der Waals surface area contributed by atoms with Crippen LogP contribution in [0.4, 0.5) is 8.78 Å². The molecule has 0 saturated carbocycles. The van der Waals surface area contributed by atoms with Crippen molar-refractivity contribution in [1.82, 2.24) is 0 Å². The highest BCUT2D eigenvalue weighted by atomic mass is 19.1. The van der Waals surface area contributed by atoms with Gasteiger partial charge in [-0.3, -0.25) is 0 Å². The van der Waals surface area contributed by atoms with Gasteiger partial charge < -0.3 is 4.74 Å². The highest BCUT2D eigenvalue weighted by Crippen LogP contribution is 2.16. The number of aryl methyl sites for hydroxylation is 1. The third-order valence-electron chi connectivity index (χ3n) is 2.52. The number of halogens is 2. The molecule has 0 aliphatic carbocycles. The Balaban J connectivity index is 2.07. The van der Waals surface area contributed by atoms with E-state index >= 15 is 0 Å². The summed E-state index contributed by atoms with van der Waals surface area (Å²) < 4.78 is 31.1. The predicted octanol–water partition coefficient (Wildman–Crippen LogP) is 3.85. The Kier molecular flexibility index (Phi) is 3.38. The van der Waals surface area contributed by atoms with Gasteiger partial charge in [0.05, 0.1) is 0 Å². The largest absolute Gasteiger partial charge is 0.489 e. The van der Waals surface area contributed by atoms with Crippen LogP contribution in [0.1, 0.15) is 11.1 Å². The molecular weight excluding hydrogens is 222 g/mol. The number of hydrogen-bond acceptors (Lipinski definition) is 1. The molecule has 2 aromatic carbocycles. The van der Waals surface area contributed by atoms with Gasteiger partial charge in [-0.2, -0.15) is 0 Å². The molecule has 2 rings (SSSR count). The number of ether oxygens (including phenoxy) is 1. The van der Waals surface area contributed by atoms with Crippen LogP contribution in [0, 0.1) is 18.6 Å². The second kappa shape index (κ2) is 4.95. The number of benzene rings is 2. The third kappa shape index (κ3) is 3.03. The summed E-state index contributed by atoms with van der Waals surface area (Å²) in [7, 11) is 0. The van der Waals surface area contributed by atoms with Gasteiger partial charge in [0.25, 0.3) is 0 Å². The van der Waals surface area contributed by atoms with Crippen LogP contribution in [0.15, 0.2) is 42.5 Å². The molecule has 0 unspecified atom stereocenters. The lowest BCUT2D eigenvalue weighted by Gasteiger charge is -2.08. The first-order chi connectivity index (χ1) is 8.15. The normalized spacial score (nSPS) is 10.3. The molecule has 0 atom stereocenters. The van der Waals surface area contributed by atoms with E-state index in [2.05, 4.69) is 0 Å². The third-order valence-corrected chi connectivity index (χ3v) is 2.52. The summed E-state index contributed by atoms with van der Waals surface area (Å²) in [5.41, 5.74) is 1.75. The molecule has 0 spiro atoms. The fourth-order valence-electron chi connectivity index (χ4n) is 1.49. The predicted molar refractivity (Wildman–Crippen MR) is 61.9 cm³/mol. The van der Waals surface area contributed by atoms with Crippen molar-refractivity contribution in [2.75, 3.05) is 0 Å². The summed E-state index contributed by atoms with van der Waals surface area (Å²) >= 11 is 0. The first kappa shape index (κ1) is 11.6. The first-order valence-corrected chi connectivity index (χ1v) is 5.28. The quantitative estimate of drug-likeness (QED) is 0.783. The van der Waals surface area contributed by atoms with E-state index < -0.39 is 0 Å². The molecular formula is C14H12F2O. The Bertz CT molecular complexity index is 506. The summed E-state index contributed by atoms with van der Waals surface area (Å²) in [6, 6.07) is 10.3. The van der Waals surface area contributed by atoms with Gasteiger partial charge in [-0.05, 0) is 54.4 Å². The molecule has 0 fully saturated rings. The molecule has 2 aromatic rings. The molecule has 17 heavy (non-hydrogen) atoms. The van der Waals surface area contributed by atoms with Crippen LogP contribution < -0.4 is 4.74 Å². The zero-order chi connectivity index (χ0) is 12.3. The Labute approximate surface area is 98.7 Å². The van der Waals surface area contributed by atoms with Gasteiger partial charge in [0.15, 0.2) is 0 Å². The lowest BCUT2D eigenvalue weighted by Crippen LogP contribution is -1.98. The molecule has 1 nitrogen and oxygen atoms in total. The van der Waals surface area contributed by atoms with Crippen LogP contribution in [0.25, 0.3) is 0 Å². The Morgan fingerprint density at radius 1 is 0.941 bits per heavy atom. The molecule has 0 N–H and O–H groups in total. The summed E-state index contributed by atoms with van der Waals surface area (Å²) in [6.07, 6.45) is 0. The molecule has 3 heteroatoms. The van der Waals surface area contributed by atoms with Crippen molar-refractivity contribution in [3.05, 3.63) is 65.2 Å². The van der Waals surface area contributed by atoms with E-state index in [0.29, 0.717) is 5.75 Å². The Morgan fingerprint density at radius 3 is 2.29 bits per heavy atom. The maximum Gasteiger partial charge on any atom is 0.123 e. The Morgan fingerprint density at radius 2 is 1.59 bits per heavy atom. The van der Waals surface area contributed by atoms with E-state index in [-0.39, 0.29) is 18.2 Å². The van der Waals surface area contributed by atoms with Crippen molar-refractivity contribution >= 4 is 0 Å². The summed E-state index contributed by atoms with van der Waals surface area (Å²) in [5, 5.41) is 0. The topological polar surface area (TPSA) is 9.23 Å². The molecule has 0 heterocycles. The van der Waals surface area contributed by atoms with E-state index in [1.54, 1.807) is 18.2 Å². The molecule has 0 saturated heterocycles. The van der Waals surface area contributed by atoms with E-state index in [4.69, 9.17) is 4.74 Å². The van der Waals surface area contributed by atoms with Gasteiger partial charge in [-0.1, -0.05) is 6.07 Å². The standard InChI is InChI=1S/C14H12F2O/c1-10-2-3-13(16)8-11(10)9-17-14-6-4-12(15)5-7-14/h2-8H,9H2,1H3. The van der Waals surface area contributed by atoms with Crippen LogP contribution in [0.2, 0.25) is 0 Å². The maximum absolute atomic E-state index is 13.0. The minimum atomic E-state index is -0.306. The highest BCUT2D eigenvalue weighted by Gasteiger charge is 2.02. The molecule has 0 bridgehead atoms. The SMILES string of the molecule is Cc1ccc(F)cc1COc1ccc(F)cc1. The fourth-order valence-corrected chi connectivity index (χ4v) is 1.49. The molecule has 0 aliphatic heterocycles. The summed E-state index contributed by atoms with van der Waals surface area (Å²) in [4.78, 5) is 0. The van der Waals surface area contributed by atoms with Gasteiger partial charge in [-0.15, -0.1) is 0 Å². The van der Waals surface area contributed by atoms with Crippen molar-refractivity contribution in [3.63, 3.8) is 0 Å². The van der Waals surface area contributed by atoms with E-state index in [0.717, 1.165) is 11.1 Å². The average Bonchev–Trinajstić information content (AvgIpc) is 2.32. The molecule has 0 aliphatic rings. The van der Waals surface area contributed by atoms with Crippen LogP contribution >= 0.6 is 0 Å². The molecule has 88 valence electrons. The zero-order valence-electron chi connectivity index (χ0n) is 9.41. The van der Waals surface area contributed by atoms with Crippen LogP contribution in [0.3, 0.4) is 0 Å². The van der Waals surface area contributed by atoms with Crippen molar-refractivity contribution in [1.29, 1.82) is 0 Å². The van der Waals surface area contributed by atoms with Crippen molar-refractivity contribution in [2.24, 2.45) is 0 Å². The second-order valence-corrected chi connectivity index (χ2v) is 3.81. The van der Waals surface area contributed by atoms with Crippen LogP contribution in [0.5, 0.6) is 5.75 Å². The number of rotatable bonds is 3. The van der Waals surface area contributed by atoms with Crippen molar-refractivity contribution < 1.29 is 13.5 Å². The van der Waals surface area contributed by atoms with Crippen molar-refractivity contribution in [3.8, 4) is 5.75 Å². The minimum absolute atomic E-state index is 0.273. The molecule has 0 radical (unpaired) electrons. The van der Waals surface area contributed by atoms with Crippen molar-refractivity contribution in [2.45, 2.75) is 13.5 Å². The highest BCUT2D eigenvalue weighted by molar-refractivity contribution is 5.27. The molecule has 0 aromatic heterocycles. The maximum atomic E-state index is 13.0. The molecule has 0 amide bonds. The van der Waals surface area contributed by atoms with E-state index in [1.807, 2.05) is 6.92 Å².